The first-order chi connectivity index (χ1) is 19.7. The highest BCUT2D eigenvalue weighted by molar-refractivity contribution is 7.92. The van der Waals surface area contributed by atoms with E-state index in [2.05, 4.69) is 5.32 Å². The molecule has 1 N–H and O–H groups in total. The van der Waals surface area contributed by atoms with Gasteiger partial charge in [-0.1, -0.05) is 79.4 Å². The summed E-state index contributed by atoms with van der Waals surface area (Å²) in [5, 5.41) is 2.81. The van der Waals surface area contributed by atoms with E-state index < -0.39 is 34.3 Å². The Labute approximate surface area is 246 Å². The fourth-order valence-corrected chi connectivity index (χ4v) is 6.63. The number of amides is 2. The Hall–Kier alpha value is -3.43. The molecule has 0 aromatic heterocycles. The second kappa shape index (κ2) is 14.0. The van der Waals surface area contributed by atoms with Gasteiger partial charge in [-0.2, -0.15) is 0 Å². The molecule has 0 aliphatic heterocycles. The Kier molecular flexibility index (Phi) is 10.4. The smallest absolute Gasteiger partial charge is 0.264 e. The molecule has 4 rings (SSSR count). The SMILES string of the molecule is CC(C(=O)NC1CCCCC1)N(CCc1ccccc1)C(=O)CN(c1ccc(F)c(Cl)c1)S(=O)(=O)c1ccccc1. The van der Waals surface area contributed by atoms with E-state index in [1.807, 2.05) is 30.3 Å². The van der Waals surface area contributed by atoms with Gasteiger partial charge in [0, 0.05) is 12.6 Å². The van der Waals surface area contributed by atoms with Gasteiger partial charge in [0.25, 0.3) is 10.0 Å². The molecule has 3 aromatic rings. The molecule has 0 heterocycles. The summed E-state index contributed by atoms with van der Waals surface area (Å²) < 4.78 is 42.5. The highest BCUT2D eigenvalue weighted by Crippen LogP contribution is 2.28. The highest BCUT2D eigenvalue weighted by Gasteiger charge is 2.33. The van der Waals surface area contributed by atoms with Crippen LogP contribution >= 0.6 is 11.6 Å². The first-order valence-electron chi connectivity index (χ1n) is 13.8. The van der Waals surface area contributed by atoms with Gasteiger partial charge in [-0.25, -0.2) is 12.8 Å². The van der Waals surface area contributed by atoms with Crippen LogP contribution < -0.4 is 9.62 Å². The molecule has 7 nitrogen and oxygen atoms in total. The number of sulfonamides is 1. The van der Waals surface area contributed by atoms with Crippen molar-refractivity contribution in [3.05, 3.63) is 95.3 Å². The summed E-state index contributed by atoms with van der Waals surface area (Å²) in [5.41, 5.74) is 1.01. The lowest BCUT2D eigenvalue weighted by atomic mass is 9.95. The van der Waals surface area contributed by atoms with Crippen LogP contribution in [0, 0.1) is 5.82 Å². The van der Waals surface area contributed by atoms with Gasteiger partial charge in [-0.3, -0.25) is 13.9 Å². The minimum Gasteiger partial charge on any atom is -0.352 e. The molecular formula is C31H35ClFN3O4S. The number of carbonyl (C=O) groups excluding carboxylic acids is 2. The zero-order valence-corrected chi connectivity index (χ0v) is 24.6. The summed E-state index contributed by atoms with van der Waals surface area (Å²) in [6.07, 6.45) is 5.49. The van der Waals surface area contributed by atoms with E-state index in [9.17, 15) is 22.4 Å². The summed E-state index contributed by atoms with van der Waals surface area (Å²) in [7, 11) is -4.24. The lowest BCUT2D eigenvalue weighted by Gasteiger charge is -2.33. The molecule has 1 unspecified atom stereocenters. The number of hydrogen-bond donors (Lipinski definition) is 1. The Morgan fingerprint density at radius 2 is 1.61 bits per heavy atom. The van der Waals surface area contributed by atoms with Crippen LogP contribution in [0.25, 0.3) is 0 Å². The van der Waals surface area contributed by atoms with Crippen LogP contribution in [-0.2, 0) is 26.0 Å². The summed E-state index contributed by atoms with van der Waals surface area (Å²) in [6, 6.07) is 20.0. The summed E-state index contributed by atoms with van der Waals surface area (Å²) in [5.74, 6) is -1.55. The average molecular weight is 600 g/mol. The van der Waals surface area contributed by atoms with Crippen LogP contribution in [0.5, 0.6) is 0 Å². The van der Waals surface area contributed by atoms with Crippen molar-refractivity contribution in [1.29, 1.82) is 0 Å². The van der Waals surface area contributed by atoms with E-state index in [1.54, 1.807) is 25.1 Å². The summed E-state index contributed by atoms with van der Waals surface area (Å²) >= 11 is 6.01. The fourth-order valence-electron chi connectivity index (χ4n) is 5.03. The Morgan fingerprint density at radius 1 is 0.976 bits per heavy atom. The van der Waals surface area contributed by atoms with Gasteiger partial charge in [0.2, 0.25) is 11.8 Å². The second-order valence-electron chi connectivity index (χ2n) is 10.3. The number of hydrogen-bond acceptors (Lipinski definition) is 4. The van der Waals surface area contributed by atoms with Crippen molar-refractivity contribution in [2.45, 2.75) is 62.4 Å². The number of rotatable bonds is 11. The predicted molar refractivity (Wildman–Crippen MR) is 159 cm³/mol. The van der Waals surface area contributed by atoms with Crippen molar-refractivity contribution in [2.75, 3.05) is 17.4 Å². The summed E-state index contributed by atoms with van der Waals surface area (Å²) in [6.45, 7) is 1.26. The third-order valence-electron chi connectivity index (χ3n) is 7.40. The Bertz CT molecular complexity index is 1430. The molecule has 3 aromatic carbocycles. The van der Waals surface area contributed by atoms with Crippen molar-refractivity contribution in [3.8, 4) is 0 Å². The van der Waals surface area contributed by atoms with Crippen molar-refractivity contribution in [2.24, 2.45) is 0 Å². The molecule has 218 valence electrons. The van der Waals surface area contributed by atoms with Gasteiger partial charge in [-0.05, 0) is 62.1 Å². The van der Waals surface area contributed by atoms with E-state index in [-0.39, 0.29) is 34.1 Å². The Morgan fingerprint density at radius 3 is 2.24 bits per heavy atom. The standard InChI is InChI=1S/C31H35ClFN3O4S/c1-23(31(38)34-25-13-7-3-8-14-25)35(20-19-24-11-5-2-6-12-24)30(37)22-36(26-17-18-29(33)28(32)21-26)41(39,40)27-15-9-4-10-16-27/h2,4-6,9-12,15-18,21,23,25H,3,7-8,13-14,19-20,22H2,1H3,(H,34,38). The number of halogens is 2. The molecule has 0 saturated heterocycles. The van der Waals surface area contributed by atoms with E-state index >= 15 is 0 Å². The van der Waals surface area contributed by atoms with Crippen LogP contribution in [0.4, 0.5) is 10.1 Å². The minimum atomic E-state index is -4.24. The first-order valence-corrected chi connectivity index (χ1v) is 15.6. The number of benzene rings is 3. The molecule has 10 heteroatoms. The Balaban J connectivity index is 1.64. The van der Waals surface area contributed by atoms with Crippen LogP contribution in [0.1, 0.15) is 44.6 Å². The van der Waals surface area contributed by atoms with Gasteiger partial charge in [0.1, 0.15) is 18.4 Å². The van der Waals surface area contributed by atoms with E-state index in [1.165, 1.54) is 29.2 Å². The van der Waals surface area contributed by atoms with E-state index in [0.717, 1.165) is 48.0 Å². The quantitative estimate of drug-likeness (QED) is 0.312. The normalized spacial score (nSPS) is 14.7. The van der Waals surface area contributed by atoms with Gasteiger partial charge >= 0.3 is 0 Å². The predicted octanol–water partition coefficient (Wildman–Crippen LogP) is 5.58. The third kappa shape index (κ3) is 7.86. The fraction of sp³-hybridized carbons (Fsp3) is 0.355. The van der Waals surface area contributed by atoms with E-state index in [4.69, 9.17) is 11.6 Å². The van der Waals surface area contributed by atoms with Crippen molar-refractivity contribution < 1.29 is 22.4 Å². The van der Waals surface area contributed by atoms with Crippen LogP contribution in [0.2, 0.25) is 5.02 Å². The lowest BCUT2D eigenvalue weighted by Crippen LogP contribution is -2.53. The van der Waals surface area contributed by atoms with Crippen molar-refractivity contribution in [1.82, 2.24) is 10.2 Å². The average Bonchev–Trinajstić information content (AvgIpc) is 2.98. The van der Waals surface area contributed by atoms with E-state index in [0.29, 0.717) is 6.42 Å². The maximum Gasteiger partial charge on any atom is 0.264 e. The van der Waals surface area contributed by atoms with Crippen LogP contribution in [-0.4, -0.2) is 50.3 Å². The molecule has 0 bridgehead atoms. The number of nitrogens with one attached hydrogen (secondary N) is 1. The van der Waals surface area contributed by atoms with Crippen molar-refractivity contribution in [3.63, 3.8) is 0 Å². The summed E-state index contributed by atoms with van der Waals surface area (Å²) in [4.78, 5) is 28.7. The molecular weight excluding hydrogens is 565 g/mol. The molecule has 2 amide bonds. The van der Waals surface area contributed by atoms with Crippen LogP contribution in [0.15, 0.2) is 83.8 Å². The number of anilines is 1. The monoisotopic (exact) mass is 599 g/mol. The van der Waals surface area contributed by atoms with Crippen molar-refractivity contribution >= 4 is 39.1 Å². The minimum absolute atomic E-state index is 0.0350. The van der Waals surface area contributed by atoms with Gasteiger partial charge in [0.05, 0.1) is 15.6 Å². The van der Waals surface area contributed by atoms with Crippen LogP contribution in [0.3, 0.4) is 0 Å². The first kappa shape index (κ1) is 30.5. The maximum atomic E-state index is 14.0. The second-order valence-corrected chi connectivity index (χ2v) is 12.5. The molecule has 0 spiro atoms. The third-order valence-corrected chi connectivity index (χ3v) is 9.48. The topological polar surface area (TPSA) is 86.8 Å². The molecule has 0 radical (unpaired) electrons. The zero-order valence-electron chi connectivity index (χ0n) is 23.0. The van der Waals surface area contributed by atoms with Gasteiger partial charge in [-0.15, -0.1) is 0 Å². The highest BCUT2D eigenvalue weighted by atomic mass is 35.5. The molecule has 1 aliphatic carbocycles. The molecule has 1 fully saturated rings. The number of nitrogens with zero attached hydrogens (tertiary/aromatic N) is 2. The molecule has 1 saturated carbocycles. The largest absolute Gasteiger partial charge is 0.352 e. The maximum absolute atomic E-state index is 14.0. The molecule has 1 atom stereocenters. The van der Waals surface area contributed by atoms with Gasteiger partial charge < -0.3 is 10.2 Å². The lowest BCUT2D eigenvalue weighted by molar-refractivity contribution is -0.139. The molecule has 1 aliphatic rings. The zero-order chi connectivity index (χ0) is 29.4. The molecule has 41 heavy (non-hydrogen) atoms. The number of carbonyl (C=O) groups is 2. The van der Waals surface area contributed by atoms with Gasteiger partial charge in [0.15, 0.2) is 0 Å².